The van der Waals surface area contributed by atoms with Crippen molar-refractivity contribution in [2.24, 2.45) is 17.8 Å². The van der Waals surface area contributed by atoms with Gasteiger partial charge in [0, 0.05) is 25.7 Å². The first-order chi connectivity index (χ1) is 46.2. The number of hydrogen-bond acceptors (Lipinski definition) is 15. The topological polar surface area (TPSA) is 237 Å². The van der Waals surface area contributed by atoms with E-state index in [0.29, 0.717) is 25.7 Å². The summed E-state index contributed by atoms with van der Waals surface area (Å²) in [4.78, 5) is 72.7. The molecule has 0 amide bonds. The van der Waals surface area contributed by atoms with Gasteiger partial charge in [-0.05, 0) is 43.4 Å². The van der Waals surface area contributed by atoms with Gasteiger partial charge in [0.2, 0.25) is 0 Å². The van der Waals surface area contributed by atoms with Gasteiger partial charge in [0.1, 0.15) is 19.3 Å². The molecule has 0 aromatic carbocycles. The molecule has 0 bridgehead atoms. The van der Waals surface area contributed by atoms with E-state index in [0.717, 1.165) is 120 Å². The van der Waals surface area contributed by atoms with Crippen molar-refractivity contribution in [1.82, 2.24) is 0 Å². The van der Waals surface area contributed by atoms with Crippen molar-refractivity contribution in [2.45, 2.75) is 414 Å². The fraction of sp³-hybridized carbons (Fsp3) is 0.948. The van der Waals surface area contributed by atoms with Gasteiger partial charge in [-0.1, -0.05) is 344 Å². The number of unbranched alkanes of at least 4 members (excludes halogenated alkanes) is 43. The highest BCUT2D eigenvalue weighted by molar-refractivity contribution is 7.47. The zero-order chi connectivity index (χ0) is 70.9. The second-order valence-electron chi connectivity index (χ2n) is 29.2. The number of phosphoric acid groups is 2. The minimum Gasteiger partial charge on any atom is -0.462 e. The summed E-state index contributed by atoms with van der Waals surface area (Å²) >= 11 is 0. The van der Waals surface area contributed by atoms with Gasteiger partial charge in [-0.3, -0.25) is 37.3 Å². The van der Waals surface area contributed by atoms with Crippen molar-refractivity contribution >= 4 is 39.5 Å². The van der Waals surface area contributed by atoms with Gasteiger partial charge >= 0.3 is 39.5 Å². The molecule has 0 aliphatic rings. The standard InChI is InChI=1S/C77H150O17P2/c1-8-9-10-11-34-44-51-58-74(79)87-64-72(93-77(82)61-54-47-40-33-27-26-30-37-43-50-57-70(6)7)66-91-95(83,84)89-62-71(78)63-90-96(85,86)92-67-73(65-88-75(80)59-52-45-38-31-24-20-17-16-19-23-29-36-42-49-56-69(4)5)94-76(81)60-53-46-39-32-25-21-15-13-12-14-18-22-28-35-41-48-55-68(2)3/h68-73,78H,8-67H2,1-7H3,(H,83,84)(H,85,86)/t71-,72+,73+/m0/s1. The summed E-state index contributed by atoms with van der Waals surface area (Å²) in [6.45, 7) is 11.9. The highest BCUT2D eigenvalue weighted by atomic mass is 31.2. The van der Waals surface area contributed by atoms with Crippen LogP contribution in [0.15, 0.2) is 0 Å². The van der Waals surface area contributed by atoms with E-state index in [4.69, 9.17) is 37.0 Å². The van der Waals surface area contributed by atoms with Crippen molar-refractivity contribution in [2.75, 3.05) is 39.6 Å². The van der Waals surface area contributed by atoms with Crippen LogP contribution in [0.4, 0.5) is 0 Å². The third-order valence-electron chi connectivity index (χ3n) is 17.9. The van der Waals surface area contributed by atoms with Gasteiger partial charge in [0.05, 0.1) is 26.4 Å². The average Bonchev–Trinajstić information content (AvgIpc) is 1.72. The molecule has 0 rings (SSSR count). The van der Waals surface area contributed by atoms with Gasteiger partial charge in [-0.25, -0.2) is 9.13 Å². The van der Waals surface area contributed by atoms with Crippen molar-refractivity contribution in [3.63, 3.8) is 0 Å². The number of aliphatic hydroxyl groups excluding tert-OH is 1. The molecule has 2 unspecified atom stereocenters. The van der Waals surface area contributed by atoms with Crippen molar-refractivity contribution in [1.29, 1.82) is 0 Å². The van der Waals surface area contributed by atoms with Crippen molar-refractivity contribution in [3.05, 3.63) is 0 Å². The number of carbonyl (C=O) groups is 4. The van der Waals surface area contributed by atoms with Crippen LogP contribution in [-0.4, -0.2) is 96.7 Å². The maximum absolute atomic E-state index is 13.1. The molecule has 0 aliphatic carbocycles. The quantitative estimate of drug-likeness (QED) is 0.0222. The van der Waals surface area contributed by atoms with Crippen LogP contribution in [0.3, 0.4) is 0 Å². The van der Waals surface area contributed by atoms with Crippen molar-refractivity contribution in [3.8, 4) is 0 Å². The van der Waals surface area contributed by atoms with Gasteiger partial charge in [0.25, 0.3) is 0 Å². The molecule has 0 saturated heterocycles. The molecule has 5 atom stereocenters. The molecule has 0 spiro atoms. The fourth-order valence-corrected chi connectivity index (χ4v) is 13.4. The number of ether oxygens (including phenoxy) is 4. The number of aliphatic hydroxyl groups is 1. The maximum atomic E-state index is 13.1. The molecule has 0 radical (unpaired) electrons. The Morgan fingerprint density at radius 2 is 0.479 bits per heavy atom. The summed E-state index contributed by atoms with van der Waals surface area (Å²) in [7, 11) is -9.91. The molecule has 0 aliphatic heterocycles. The van der Waals surface area contributed by atoms with E-state index in [1.807, 2.05) is 0 Å². The molecule has 0 aromatic heterocycles. The Bertz CT molecular complexity index is 1870. The van der Waals surface area contributed by atoms with Crippen LogP contribution >= 0.6 is 15.6 Å². The smallest absolute Gasteiger partial charge is 0.462 e. The minimum absolute atomic E-state index is 0.105. The van der Waals surface area contributed by atoms with Gasteiger partial charge in [-0.15, -0.1) is 0 Å². The molecule has 96 heavy (non-hydrogen) atoms. The number of carbonyl (C=O) groups excluding carboxylic acids is 4. The maximum Gasteiger partial charge on any atom is 0.472 e. The van der Waals surface area contributed by atoms with Crippen LogP contribution < -0.4 is 0 Å². The molecule has 0 heterocycles. The van der Waals surface area contributed by atoms with Crippen LogP contribution in [0, 0.1) is 17.8 Å². The molecule has 570 valence electrons. The van der Waals surface area contributed by atoms with Gasteiger partial charge in [-0.2, -0.15) is 0 Å². The largest absolute Gasteiger partial charge is 0.472 e. The number of hydrogen-bond donors (Lipinski definition) is 3. The molecule has 3 N–H and O–H groups in total. The van der Waals surface area contributed by atoms with E-state index in [-0.39, 0.29) is 25.7 Å². The summed E-state index contributed by atoms with van der Waals surface area (Å²) in [5.41, 5.74) is 0. The first kappa shape index (κ1) is 94.1. The molecule has 0 fully saturated rings. The van der Waals surface area contributed by atoms with E-state index in [1.54, 1.807) is 0 Å². The second kappa shape index (κ2) is 67.5. The van der Waals surface area contributed by atoms with Crippen LogP contribution in [-0.2, 0) is 65.4 Å². The van der Waals surface area contributed by atoms with Gasteiger partial charge < -0.3 is 33.8 Å². The average molecular weight is 1410 g/mol. The third-order valence-corrected chi connectivity index (χ3v) is 19.8. The van der Waals surface area contributed by atoms with Gasteiger partial charge in [0.15, 0.2) is 12.2 Å². The Balaban J connectivity index is 5.19. The summed E-state index contributed by atoms with van der Waals surface area (Å²) in [5, 5.41) is 10.6. The second-order valence-corrected chi connectivity index (χ2v) is 32.1. The van der Waals surface area contributed by atoms with E-state index in [1.165, 1.54) is 193 Å². The molecule has 17 nitrogen and oxygen atoms in total. The predicted octanol–water partition coefficient (Wildman–Crippen LogP) is 22.6. The van der Waals surface area contributed by atoms with E-state index in [9.17, 15) is 43.2 Å². The first-order valence-electron chi connectivity index (χ1n) is 39.8. The van der Waals surface area contributed by atoms with E-state index < -0.39 is 97.5 Å². The highest BCUT2D eigenvalue weighted by Crippen LogP contribution is 2.45. The predicted molar refractivity (Wildman–Crippen MR) is 391 cm³/mol. The Kier molecular flexibility index (Phi) is 66.2. The lowest BCUT2D eigenvalue weighted by Gasteiger charge is -2.21. The van der Waals surface area contributed by atoms with Crippen LogP contribution in [0.2, 0.25) is 0 Å². The lowest BCUT2D eigenvalue weighted by atomic mass is 10.0. The molecular weight excluding hydrogens is 1260 g/mol. The normalized spacial score (nSPS) is 14.1. The monoisotopic (exact) mass is 1410 g/mol. The lowest BCUT2D eigenvalue weighted by molar-refractivity contribution is -0.161. The SMILES string of the molecule is CCCCCCCCCC(=O)OC[C@H](COP(=O)(O)OC[C@H](O)COP(=O)(O)OC[C@@H](COC(=O)CCCCCCCCCCCCCCCCC(C)C)OC(=O)CCCCCCCCCCCCCCCCCCC(C)C)OC(=O)CCCCCCCCCCCCC(C)C. The zero-order valence-electron chi connectivity index (χ0n) is 62.8. The number of esters is 4. The number of phosphoric ester groups is 2. The third kappa shape index (κ3) is 70.5. The summed E-state index contributed by atoms with van der Waals surface area (Å²) in [5.74, 6) is 0.240. The number of rotatable bonds is 75. The Morgan fingerprint density at radius 3 is 0.708 bits per heavy atom. The minimum atomic E-state index is -4.96. The Morgan fingerprint density at radius 1 is 0.281 bits per heavy atom. The van der Waals surface area contributed by atoms with E-state index >= 15 is 0 Å². The molecule has 0 saturated carbocycles. The molecule has 0 aromatic rings. The highest BCUT2D eigenvalue weighted by Gasteiger charge is 2.30. The summed E-state index contributed by atoms with van der Waals surface area (Å²) in [6.07, 6.45) is 54.3. The zero-order valence-corrected chi connectivity index (χ0v) is 64.6. The Labute approximate surface area is 588 Å². The summed E-state index contributed by atoms with van der Waals surface area (Å²) in [6, 6.07) is 0. The molecular formula is C77H150O17P2. The fourth-order valence-electron chi connectivity index (χ4n) is 11.8. The van der Waals surface area contributed by atoms with Crippen LogP contribution in [0.25, 0.3) is 0 Å². The molecule has 19 heteroatoms. The van der Waals surface area contributed by atoms with E-state index in [2.05, 4.69) is 48.5 Å². The lowest BCUT2D eigenvalue weighted by Crippen LogP contribution is -2.30. The Hall–Kier alpha value is -1.94. The first-order valence-corrected chi connectivity index (χ1v) is 42.8. The van der Waals surface area contributed by atoms with Crippen LogP contribution in [0.1, 0.15) is 395 Å². The van der Waals surface area contributed by atoms with Crippen LogP contribution in [0.5, 0.6) is 0 Å². The summed E-state index contributed by atoms with van der Waals surface area (Å²) < 4.78 is 68.5. The van der Waals surface area contributed by atoms with Crippen molar-refractivity contribution < 1.29 is 80.2 Å².